The molecular formula is C22H18FN3O3S2. The van der Waals surface area contributed by atoms with Crippen molar-refractivity contribution in [2.75, 3.05) is 12.9 Å². The van der Waals surface area contributed by atoms with E-state index in [-0.39, 0.29) is 23.0 Å². The standard InChI is InChI=1S/C22H18FN3O3S2/c1-29-16-8-2-13(3-9-16)10-24-18(27)12-31-22-25-20(28)19-17(11-30-21(19)26-22)14-4-6-15(23)7-5-14/h2-9,11H,10,12H2,1H3,(H,24,27)(H,25,26,28). The number of amides is 1. The van der Waals surface area contributed by atoms with Crippen LogP contribution in [0.25, 0.3) is 21.3 Å². The summed E-state index contributed by atoms with van der Waals surface area (Å²) in [7, 11) is 1.60. The van der Waals surface area contributed by atoms with Crippen LogP contribution in [0.2, 0.25) is 0 Å². The number of nitrogens with one attached hydrogen (secondary N) is 2. The summed E-state index contributed by atoms with van der Waals surface area (Å²) in [6.45, 7) is 0.401. The van der Waals surface area contributed by atoms with Crippen LogP contribution < -0.4 is 15.6 Å². The topological polar surface area (TPSA) is 84.1 Å². The normalized spacial score (nSPS) is 10.9. The van der Waals surface area contributed by atoms with E-state index in [4.69, 9.17) is 4.74 Å². The van der Waals surface area contributed by atoms with Gasteiger partial charge in [0.1, 0.15) is 16.4 Å². The Morgan fingerprint density at radius 3 is 2.65 bits per heavy atom. The van der Waals surface area contributed by atoms with E-state index in [1.807, 2.05) is 29.6 Å². The second kappa shape index (κ2) is 9.32. The van der Waals surface area contributed by atoms with Gasteiger partial charge in [-0.05, 0) is 35.4 Å². The fourth-order valence-corrected chi connectivity index (χ4v) is 4.66. The molecule has 2 heterocycles. The molecule has 0 radical (unpaired) electrons. The van der Waals surface area contributed by atoms with Gasteiger partial charge < -0.3 is 15.0 Å². The number of aromatic amines is 1. The number of hydrogen-bond donors (Lipinski definition) is 2. The molecule has 0 aliphatic rings. The van der Waals surface area contributed by atoms with Crippen LogP contribution in [0.1, 0.15) is 5.56 Å². The van der Waals surface area contributed by atoms with Crippen LogP contribution in [-0.4, -0.2) is 28.7 Å². The summed E-state index contributed by atoms with van der Waals surface area (Å²) in [4.78, 5) is 32.6. The van der Waals surface area contributed by atoms with Gasteiger partial charge in [0.05, 0.1) is 18.2 Å². The van der Waals surface area contributed by atoms with Gasteiger partial charge >= 0.3 is 0 Å². The molecule has 0 saturated heterocycles. The molecule has 0 aliphatic heterocycles. The summed E-state index contributed by atoms with van der Waals surface area (Å²) < 4.78 is 18.3. The van der Waals surface area contributed by atoms with Crippen molar-refractivity contribution in [3.63, 3.8) is 0 Å². The number of thioether (sulfide) groups is 1. The highest BCUT2D eigenvalue weighted by Gasteiger charge is 2.14. The van der Waals surface area contributed by atoms with Crippen molar-refractivity contribution in [1.82, 2.24) is 15.3 Å². The summed E-state index contributed by atoms with van der Waals surface area (Å²) in [6, 6.07) is 13.4. The van der Waals surface area contributed by atoms with Crippen molar-refractivity contribution in [1.29, 1.82) is 0 Å². The molecule has 2 N–H and O–H groups in total. The summed E-state index contributed by atoms with van der Waals surface area (Å²) in [6.07, 6.45) is 0. The second-order valence-electron chi connectivity index (χ2n) is 6.62. The maximum Gasteiger partial charge on any atom is 0.260 e. The Bertz CT molecular complexity index is 1270. The number of hydrogen-bond acceptors (Lipinski definition) is 6. The lowest BCUT2D eigenvalue weighted by atomic mass is 10.1. The Hall–Kier alpha value is -3.17. The van der Waals surface area contributed by atoms with Crippen molar-refractivity contribution in [2.45, 2.75) is 11.7 Å². The number of rotatable bonds is 7. The minimum absolute atomic E-state index is 0.126. The molecule has 4 aromatic rings. The number of carbonyl (C=O) groups excluding carboxylic acids is 1. The smallest absolute Gasteiger partial charge is 0.260 e. The van der Waals surface area contributed by atoms with Crippen LogP contribution in [0.5, 0.6) is 5.75 Å². The van der Waals surface area contributed by atoms with Crippen molar-refractivity contribution in [3.8, 4) is 16.9 Å². The van der Waals surface area contributed by atoms with E-state index in [0.29, 0.717) is 27.5 Å². The zero-order valence-corrected chi connectivity index (χ0v) is 18.1. The number of thiophene rings is 1. The zero-order valence-electron chi connectivity index (χ0n) is 16.5. The molecule has 1 amide bonds. The van der Waals surface area contributed by atoms with E-state index >= 15 is 0 Å². The highest BCUT2D eigenvalue weighted by Crippen LogP contribution is 2.31. The molecule has 6 nitrogen and oxygen atoms in total. The predicted octanol–water partition coefficient (Wildman–Crippen LogP) is 4.21. The fraction of sp³-hybridized carbons (Fsp3) is 0.136. The Morgan fingerprint density at radius 2 is 1.94 bits per heavy atom. The molecule has 0 bridgehead atoms. The highest BCUT2D eigenvalue weighted by atomic mass is 32.2. The minimum atomic E-state index is -0.334. The van der Waals surface area contributed by atoms with Crippen LogP contribution in [0.15, 0.2) is 63.9 Å². The average molecular weight is 456 g/mol. The molecule has 9 heteroatoms. The van der Waals surface area contributed by atoms with Gasteiger partial charge in [-0.15, -0.1) is 11.3 Å². The first-order valence-corrected chi connectivity index (χ1v) is 11.2. The van der Waals surface area contributed by atoms with Gasteiger partial charge in [-0.3, -0.25) is 9.59 Å². The van der Waals surface area contributed by atoms with Gasteiger partial charge in [-0.1, -0.05) is 36.0 Å². The summed E-state index contributed by atoms with van der Waals surface area (Å²) in [5.74, 6) is 0.383. The number of halogens is 1. The lowest BCUT2D eigenvalue weighted by Gasteiger charge is -2.06. The fourth-order valence-electron chi connectivity index (χ4n) is 2.97. The number of ether oxygens (including phenoxy) is 1. The Balaban J connectivity index is 1.41. The van der Waals surface area contributed by atoms with Gasteiger partial charge in [0.2, 0.25) is 5.91 Å². The first-order valence-electron chi connectivity index (χ1n) is 9.33. The number of benzene rings is 2. The molecule has 0 aliphatic carbocycles. The average Bonchev–Trinajstić information content (AvgIpc) is 3.22. The highest BCUT2D eigenvalue weighted by molar-refractivity contribution is 7.99. The number of aromatic nitrogens is 2. The summed E-state index contributed by atoms with van der Waals surface area (Å²) in [5, 5.41) is 5.51. The van der Waals surface area contributed by atoms with E-state index < -0.39 is 0 Å². The van der Waals surface area contributed by atoms with Crippen molar-refractivity contribution in [2.24, 2.45) is 0 Å². The van der Waals surface area contributed by atoms with Crippen molar-refractivity contribution >= 4 is 39.2 Å². The lowest BCUT2D eigenvalue weighted by Crippen LogP contribution is -2.24. The quantitative estimate of drug-likeness (QED) is 0.322. The Labute approximate surface area is 185 Å². The molecule has 0 saturated carbocycles. The third kappa shape index (κ3) is 4.95. The number of fused-ring (bicyclic) bond motifs is 1. The largest absolute Gasteiger partial charge is 0.497 e. The number of H-pyrrole nitrogens is 1. The van der Waals surface area contributed by atoms with E-state index in [0.717, 1.165) is 28.6 Å². The molecule has 0 unspecified atom stereocenters. The number of nitrogens with zero attached hydrogens (tertiary/aromatic N) is 1. The number of carbonyl (C=O) groups is 1. The molecule has 2 aromatic carbocycles. The maximum absolute atomic E-state index is 13.2. The molecule has 31 heavy (non-hydrogen) atoms. The zero-order chi connectivity index (χ0) is 21.8. The molecule has 158 valence electrons. The SMILES string of the molecule is COc1ccc(CNC(=O)CSc2nc3scc(-c4ccc(F)cc4)c3c(=O)[nH]2)cc1. The van der Waals surface area contributed by atoms with E-state index in [2.05, 4.69) is 15.3 Å². The van der Waals surface area contributed by atoms with Crippen LogP contribution in [0, 0.1) is 5.82 Å². The Morgan fingerprint density at radius 1 is 1.19 bits per heavy atom. The third-order valence-electron chi connectivity index (χ3n) is 4.57. The molecule has 2 aromatic heterocycles. The van der Waals surface area contributed by atoms with Gasteiger partial charge in [-0.25, -0.2) is 9.37 Å². The maximum atomic E-state index is 13.2. The van der Waals surface area contributed by atoms with Crippen molar-refractivity contribution in [3.05, 3.63) is 75.6 Å². The van der Waals surface area contributed by atoms with Gasteiger partial charge in [0.15, 0.2) is 5.16 Å². The van der Waals surface area contributed by atoms with Gasteiger partial charge in [0, 0.05) is 17.5 Å². The molecule has 0 fully saturated rings. The summed E-state index contributed by atoms with van der Waals surface area (Å²) in [5.41, 5.74) is 2.13. The summed E-state index contributed by atoms with van der Waals surface area (Å²) >= 11 is 2.50. The molecule has 0 atom stereocenters. The van der Waals surface area contributed by atoms with Crippen LogP contribution in [0.3, 0.4) is 0 Å². The monoisotopic (exact) mass is 455 g/mol. The second-order valence-corrected chi connectivity index (χ2v) is 8.44. The van der Waals surface area contributed by atoms with Gasteiger partial charge in [-0.2, -0.15) is 0 Å². The Kier molecular flexibility index (Phi) is 6.34. The molecule has 0 spiro atoms. The van der Waals surface area contributed by atoms with Crippen LogP contribution in [0.4, 0.5) is 4.39 Å². The van der Waals surface area contributed by atoms with Gasteiger partial charge in [0.25, 0.3) is 5.56 Å². The van der Waals surface area contributed by atoms with E-state index in [9.17, 15) is 14.0 Å². The van der Waals surface area contributed by atoms with E-state index in [1.54, 1.807) is 19.2 Å². The first-order chi connectivity index (χ1) is 15.0. The first kappa shape index (κ1) is 21.1. The van der Waals surface area contributed by atoms with E-state index in [1.165, 1.54) is 23.5 Å². The lowest BCUT2D eigenvalue weighted by molar-refractivity contribution is -0.118. The minimum Gasteiger partial charge on any atom is -0.497 e. The van der Waals surface area contributed by atoms with Crippen LogP contribution >= 0.6 is 23.1 Å². The van der Waals surface area contributed by atoms with Crippen LogP contribution in [-0.2, 0) is 11.3 Å². The molecular weight excluding hydrogens is 437 g/mol. The predicted molar refractivity (Wildman–Crippen MR) is 121 cm³/mol. The third-order valence-corrected chi connectivity index (χ3v) is 6.31. The van der Waals surface area contributed by atoms with Crippen molar-refractivity contribution < 1.29 is 13.9 Å². The number of methoxy groups -OCH3 is 1. The molecule has 4 rings (SSSR count).